The first kappa shape index (κ1) is 13.3. The number of hydrogen-bond acceptors (Lipinski definition) is 4. The van der Waals surface area contributed by atoms with Gasteiger partial charge >= 0.3 is 0 Å². The standard InChI is InChI=1S/C18H18N4/c1-2-8-22(7-1)13-14-9-16(12-19-11-14)15-3-4-17-18(10-15)21-6-5-20-17/h3-6,9-12H,1-2,7-8,13H2. The average molecular weight is 290 g/mol. The maximum atomic E-state index is 4.42. The van der Waals surface area contributed by atoms with Gasteiger partial charge in [-0.05, 0) is 55.3 Å². The smallest absolute Gasteiger partial charge is 0.0892 e. The number of nitrogens with zero attached hydrogens (tertiary/aromatic N) is 4. The molecule has 1 aliphatic heterocycles. The van der Waals surface area contributed by atoms with E-state index in [4.69, 9.17) is 0 Å². The average Bonchev–Trinajstić information content (AvgIpc) is 3.08. The van der Waals surface area contributed by atoms with E-state index < -0.39 is 0 Å². The number of likely N-dealkylation sites (tertiary alicyclic amines) is 1. The molecule has 110 valence electrons. The van der Waals surface area contributed by atoms with E-state index in [2.05, 4.69) is 38.1 Å². The predicted molar refractivity (Wildman–Crippen MR) is 87.3 cm³/mol. The summed E-state index contributed by atoms with van der Waals surface area (Å²) < 4.78 is 0. The molecule has 1 aliphatic rings. The Morgan fingerprint density at radius 3 is 2.55 bits per heavy atom. The summed E-state index contributed by atoms with van der Waals surface area (Å²) in [5, 5.41) is 0. The Morgan fingerprint density at radius 1 is 0.864 bits per heavy atom. The van der Waals surface area contributed by atoms with E-state index >= 15 is 0 Å². The summed E-state index contributed by atoms with van der Waals surface area (Å²) in [4.78, 5) is 15.6. The van der Waals surface area contributed by atoms with Crippen LogP contribution in [0.5, 0.6) is 0 Å². The maximum Gasteiger partial charge on any atom is 0.0892 e. The van der Waals surface area contributed by atoms with Gasteiger partial charge in [-0.15, -0.1) is 0 Å². The van der Waals surface area contributed by atoms with Crippen molar-refractivity contribution in [3.63, 3.8) is 0 Å². The van der Waals surface area contributed by atoms with Crippen LogP contribution in [0.15, 0.2) is 49.1 Å². The van der Waals surface area contributed by atoms with Crippen molar-refractivity contribution in [3.8, 4) is 11.1 Å². The number of benzene rings is 1. The van der Waals surface area contributed by atoms with Gasteiger partial charge in [0.05, 0.1) is 11.0 Å². The van der Waals surface area contributed by atoms with Gasteiger partial charge in [-0.1, -0.05) is 6.07 Å². The second-order valence-electron chi connectivity index (χ2n) is 5.82. The number of rotatable bonds is 3. The molecule has 0 atom stereocenters. The fraction of sp³-hybridized carbons (Fsp3) is 0.278. The van der Waals surface area contributed by atoms with Crippen molar-refractivity contribution in [2.45, 2.75) is 19.4 Å². The highest BCUT2D eigenvalue weighted by atomic mass is 15.1. The molecule has 2 aromatic heterocycles. The summed E-state index contributed by atoms with van der Waals surface area (Å²) in [5.74, 6) is 0. The lowest BCUT2D eigenvalue weighted by molar-refractivity contribution is 0.331. The summed E-state index contributed by atoms with van der Waals surface area (Å²) in [6, 6.07) is 8.43. The monoisotopic (exact) mass is 290 g/mol. The molecule has 0 amide bonds. The minimum absolute atomic E-state index is 0.921. The molecule has 0 saturated carbocycles. The molecule has 1 fully saturated rings. The first-order valence-electron chi connectivity index (χ1n) is 7.76. The van der Waals surface area contributed by atoms with Crippen LogP contribution < -0.4 is 0 Å². The molecule has 0 unspecified atom stereocenters. The molecule has 3 aromatic rings. The van der Waals surface area contributed by atoms with Gasteiger partial charge < -0.3 is 0 Å². The minimum atomic E-state index is 0.921. The Balaban J connectivity index is 1.65. The van der Waals surface area contributed by atoms with Crippen LogP contribution in [0.3, 0.4) is 0 Å². The highest BCUT2D eigenvalue weighted by Crippen LogP contribution is 2.23. The zero-order valence-corrected chi connectivity index (χ0v) is 12.4. The summed E-state index contributed by atoms with van der Waals surface area (Å²) in [6.07, 6.45) is 9.98. The summed E-state index contributed by atoms with van der Waals surface area (Å²) in [7, 11) is 0. The van der Waals surface area contributed by atoms with Crippen LogP contribution in [-0.4, -0.2) is 32.9 Å². The second-order valence-corrected chi connectivity index (χ2v) is 5.82. The van der Waals surface area contributed by atoms with E-state index in [1.807, 2.05) is 18.5 Å². The first-order chi connectivity index (χ1) is 10.9. The lowest BCUT2D eigenvalue weighted by atomic mass is 10.1. The zero-order valence-electron chi connectivity index (χ0n) is 12.4. The molecule has 0 spiro atoms. The molecule has 4 nitrogen and oxygen atoms in total. The van der Waals surface area contributed by atoms with E-state index in [9.17, 15) is 0 Å². The van der Waals surface area contributed by atoms with Crippen LogP contribution in [0, 0.1) is 0 Å². The van der Waals surface area contributed by atoms with Gasteiger partial charge in [0.2, 0.25) is 0 Å². The fourth-order valence-electron chi connectivity index (χ4n) is 3.07. The summed E-state index contributed by atoms with van der Waals surface area (Å²) in [6.45, 7) is 3.40. The predicted octanol–water partition coefficient (Wildman–Crippen LogP) is 3.29. The first-order valence-corrected chi connectivity index (χ1v) is 7.76. The third-order valence-corrected chi connectivity index (χ3v) is 4.20. The third-order valence-electron chi connectivity index (χ3n) is 4.20. The molecule has 1 saturated heterocycles. The van der Waals surface area contributed by atoms with Gasteiger partial charge in [-0.25, -0.2) is 0 Å². The van der Waals surface area contributed by atoms with Crippen molar-refractivity contribution in [2.75, 3.05) is 13.1 Å². The molecule has 1 aromatic carbocycles. The fourth-order valence-corrected chi connectivity index (χ4v) is 3.07. The van der Waals surface area contributed by atoms with E-state index in [1.165, 1.54) is 31.5 Å². The van der Waals surface area contributed by atoms with Crippen LogP contribution in [0.1, 0.15) is 18.4 Å². The number of pyridine rings is 1. The Morgan fingerprint density at radius 2 is 1.68 bits per heavy atom. The maximum absolute atomic E-state index is 4.42. The Bertz CT molecular complexity index is 794. The Kier molecular flexibility index (Phi) is 3.52. The Hall–Kier alpha value is -2.33. The van der Waals surface area contributed by atoms with Crippen molar-refractivity contribution in [2.24, 2.45) is 0 Å². The van der Waals surface area contributed by atoms with Crippen molar-refractivity contribution in [1.29, 1.82) is 0 Å². The van der Waals surface area contributed by atoms with Crippen molar-refractivity contribution in [3.05, 3.63) is 54.6 Å². The van der Waals surface area contributed by atoms with Crippen LogP contribution in [0.25, 0.3) is 22.2 Å². The molecule has 4 heteroatoms. The van der Waals surface area contributed by atoms with Gasteiger partial charge in [-0.2, -0.15) is 0 Å². The summed E-state index contributed by atoms with van der Waals surface area (Å²) >= 11 is 0. The van der Waals surface area contributed by atoms with Gasteiger partial charge in [0.25, 0.3) is 0 Å². The topological polar surface area (TPSA) is 41.9 Å². The van der Waals surface area contributed by atoms with Gasteiger partial charge in [-0.3, -0.25) is 19.9 Å². The Labute approximate surface area is 129 Å². The van der Waals surface area contributed by atoms with E-state index in [-0.39, 0.29) is 0 Å². The highest BCUT2D eigenvalue weighted by Gasteiger charge is 2.12. The highest BCUT2D eigenvalue weighted by molar-refractivity contribution is 5.80. The van der Waals surface area contributed by atoms with Crippen molar-refractivity contribution in [1.82, 2.24) is 19.9 Å². The van der Waals surface area contributed by atoms with Crippen LogP contribution >= 0.6 is 0 Å². The largest absolute Gasteiger partial charge is 0.299 e. The normalized spacial score (nSPS) is 15.5. The van der Waals surface area contributed by atoms with Gasteiger partial charge in [0, 0.05) is 36.9 Å². The number of aromatic nitrogens is 3. The van der Waals surface area contributed by atoms with Gasteiger partial charge in [0.1, 0.15) is 0 Å². The lowest BCUT2D eigenvalue weighted by Crippen LogP contribution is -2.18. The molecular formula is C18H18N4. The van der Waals surface area contributed by atoms with Crippen molar-refractivity contribution >= 4 is 11.0 Å². The third kappa shape index (κ3) is 2.70. The molecule has 4 rings (SSSR count). The second kappa shape index (κ2) is 5.81. The molecule has 22 heavy (non-hydrogen) atoms. The van der Waals surface area contributed by atoms with E-state index in [1.54, 1.807) is 12.4 Å². The molecular weight excluding hydrogens is 272 g/mol. The zero-order chi connectivity index (χ0) is 14.8. The number of fused-ring (bicyclic) bond motifs is 1. The number of hydrogen-bond donors (Lipinski definition) is 0. The SMILES string of the molecule is c1cnc2cc(-c3cncc(CN4CCCC4)c3)ccc2n1. The molecule has 0 radical (unpaired) electrons. The van der Waals surface area contributed by atoms with Crippen LogP contribution in [-0.2, 0) is 6.54 Å². The molecule has 0 aliphatic carbocycles. The van der Waals surface area contributed by atoms with Crippen LogP contribution in [0.2, 0.25) is 0 Å². The lowest BCUT2D eigenvalue weighted by Gasteiger charge is -2.14. The van der Waals surface area contributed by atoms with E-state index in [0.29, 0.717) is 0 Å². The summed E-state index contributed by atoms with van der Waals surface area (Å²) in [5.41, 5.74) is 5.41. The quantitative estimate of drug-likeness (QED) is 0.742. The van der Waals surface area contributed by atoms with Crippen LogP contribution in [0.4, 0.5) is 0 Å². The molecule has 0 N–H and O–H groups in total. The van der Waals surface area contributed by atoms with E-state index in [0.717, 1.165) is 28.7 Å². The molecule has 0 bridgehead atoms. The van der Waals surface area contributed by atoms with Gasteiger partial charge in [0.15, 0.2) is 0 Å². The van der Waals surface area contributed by atoms with Crippen molar-refractivity contribution < 1.29 is 0 Å². The molecule has 3 heterocycles. The minimum Gasteiger partial charge on any atom is -0.299 e.